The van der Waals surface area contributed by atoms with Crippen molar-refractivity contribution >= 4 is 11.6 Å². The van der Waals surface area contributed by atoms with Crippen molar-refractivity contribution in [2.75, 3.05) is 13.2 Å². The van der Waals surface area contributed by atoms with E-state index in [1.54, 1.807) is 0 Å². The lowest BCUT2D eigenvalue weighted by Gasteiger charge is -2.22. The normalized spacial score (nSPS) is 20.9. The van der Waals surface area contributed by atoms with Gasteiger partial charge < -0.3 is 10.1 Å². The van der Waals surface area contributed by atoms with Crippen molar-refractivity contribution in [2.45, 2.75) is 31.9 Å². The smallest absolute Gasteiger partial charge is 0.0699 e. The van der Waals surface area contributed by atoms with Crippen LogP contribution < -0.4 is 5.32 Å². The predicted molar refractivity (Wildman–Crippen MR) is 66.7 cm³/mol. The first-order chi connectivity index (χ1) is 7.84. The van der Waals surface area contributed by atoms with Crippen LogP contribution >= 0.6 is 11.6 Å². The number of nitrogens with one attached hydrogen (secondary N) is 1. The first-order valence-corrected chi connectivity index (χ1v) is 6.29. The molecule has 1 aliphatic rings. The highest BCUT2D eigenvalue weighted by Crippen LogP contribution is 2.13. The zero-order chi connectivity index (χ0) is 11.2. The van der Waals surface area contributed by atoms with E-state index in [9.17, 15) is 0 Å². The van der Waals surface area contributed by atoms with Crippen LogP contribution in [0.4, 0.5) is 0 Å². The molecule has 0 aromatic heterocycles. The Balaban J connectivity index is 1.71. The molecule has 0 spiro atoms. The van der Waals surface area contributed by atoms with Crippen LogP contribution in [0.5, 0.6) is 0 Å². The van der Waals surface area contributed by atoms with Gasteiger partial charge in [-0.05, 0) is 37.0 Å². The monoisotopic (exact) mass is 239 g/mol. The number of halogens is 1. The largest absolute Gasteiger partial charge is 0.377 e. The minimum atomic E-state index is 0.396. The topological polar surface area (TPSA) is 21.3 Å². The molecule has 0 bridgehead atoms. The summed E-state index contributed by atoms with van der Waals surface area (Å²) in [5.74, 6) is 0. The molecule has 0 saturated carbocycles. The molecule has 1 aromatic carbocycles. The van der Waals surface area contributed by atoms with Crippen LogP contribution in [0.15, 0.2) is 24.3 Å². The van der Waals surface area contributed by atoms with Crippen LogP contribution in [0.3, 0.4) is 0 Å². The number of rotatable bonds is 4. The molecule has 1 N–H and O–H groups in total. The molecule has 1 saturated heterocycles. The van der Waals surface area contributed by atoms with Gasteiger partial charge in [0.15, 0.2) is 0 Å². The molecule has 1 aliphatic heterocycles. The maximum Gasteiger partial charge on any atom is 0.0699 e. The van der Waals surface area contributed by atoms with Crippen molar-refractivity contribution in [3.05, 3.63) is 34.9 Å². The summed E-state index contributed by atoms with van der Waals surface area (Å²) in [5.41, 5.74) is 1.23. The first-order valence-electron chi connectivity index (χ1n) is 5.91. The van der Waals surface area contributed by atoms with Gasteiger partial charge in [0.05, 0.1) is 6.10 Å². The molecule has 1 unspecified atom stereocenters. The van der Waals surface area contributed by atoms with Crippen LogP contribution in [0.25, 0.3) is 0 Å². The Kier molecular flexibility index (Phi) is 4.64. The van der Waals surface area contributed by atoms with E-state index < -0.39 is 0 Å². The van der Waals surface area contributed by atoms with E-state index in [-0.39, 0.29) is 0 Å². The van der Waals surface area contributed by atoms with Crippen LogP contribution in [-0.2, 0) is 11.3 Å². The van der Waals surface area contributed by atoms with Crippen LogP contribution in [0, 0.1) is 0 Å². The van der Waals surface area contributed by atoms with E-state index in [0.29, 0.717) is 6.10 Å². The van der Waals surface area contributed by atoms with Crippen molar-refractivity contribution in [1.82, 2.24) is 5.32 Å². The molecule has 1 fully saturated rings. The average molecular weight is 240 g/mol. The van der Waals surface area contributed by atoms with Gasteiger partial charge in [0.1, 0.15) is 0 Å². The van der Waals surface area contributed by atoms with Crippen LogP contribution in [0.2, 0.25) is 5.02 Å². The minimum absolute atomic E-state index is 0.396. The molecule has 1 aromatic rings. The summed E-state index contributed by atoms with van der Waals surface area (Å²) in [4.78, 5) is 0. The molecule has 2 nitrogen and oxygen atoms in total. The van der Waals surface area contributed by atoms with Gasteiger partial charge in [0, 0.05) is 24.7 Å². The second-order valence-corrected chi connectivity index (χ2v) is 4.69. The van der Waals surface area contributed by atoms with Crippen molar-refractivity contribution in [3.63, 3.8) is 0 Å². The third-order valence-corrected chi connectivity index (χ3v) is 3.10. The molecule has 3 heteroatoms. The lowest BCUT2D eigenvalue weighted by atomic mass is 10.1. The van der Waals surface area contributed by atoms with Gasteiger partial charge >= 0.3 is 0 Å². The Morgan fingerprint density at radius 1 is 1.38 bits per heavy atom. The Morgan fingerprint density at radius 2 is 2.31 bits per heavy atom. The Bertz CT molecular complexity index is 323. The van der Waals surface area contributed by atoms with E-state index in [2.05, 4.69) is 11.4 Å². The number of hydrogen-bond donors (Lipinski definition) is 1. The quantitative estimate of drug-likeness (QED) is 0.872. The zero-order valence-corrected chi connectivity index (χ0v) is 10.2. The fraction of sp³-hybridized carbons (Fsp3) is 0.538. The second kappa shape index (κ2) is 6.24. The number of hydrogen-bond acceptors (Lipinski definition) is 2. The summed E-state index contributed by atoms with van der Waals surface area (Å²) in [5, 5.41) is 4.21. The lowest BCUT2D eigenvalue weighted by molar-refractivity contribution is 0.0168. The highest BCUT2D eigenvalue weighted by molar-refractivity contribution is 6.30. The molecule has 0 radical (unpaired) electrons. The summed E-state index contributed by atoms with van der Waals surface area (Å²) in [6, 6.07) is 7.96. The van der Waals surface area contributed by atoms with Gasteiger partial charge in [-0.2, -0.15) is 0 Å². The molecule has 1 heterocycles. The van der Waals surface area contributed by atoms with Gasteiger partial charge in [-0.3, -0.25) is 0 Å². The van der Waals surface area contributed by atoms with E-state index in [1.807, 2.05) is 18.2 Å². The molecule has 2 rings (SSSR count). The summed E-state index contributed by atoms with van der Waals surface area (Å²) in [6.07, 6.45) is 4.09. The summed E-state index contributed by atoms with van der Waals surface area (Å²) in [7, 11) is 0. The van der Waals surface area contributed by atoms with Crippen molar-refractivity contribution < 1.29 is 4.74 Å². The van der Waals surface area contributed by atoms with Gasteiger partial charge in [-0.15, -0.1) is 0 Å². The SMILES string of the molecule is Clc1cccc(CNCC2CCCCO2)c1. The van der Waals surface area contributed by atoms with Gasteiger partial charge in [0.2, 0.25) is 0 Å². The molecular weight excluding hydrogens is 222 g/mol. The van der Waals surface area contributed by atoms with E-state index in [0.717, 1.165) is 24.7 Å². The summed E-state index contributed by atoms with van der Waals surface area (Å²) < 4.78 is 5.65. The third kappa shape index (κ3) is 3.78. The molecule has 0 amide bonds. The highest BCUT2D eigenvalue weighted by Gasteiger charge is 2.12. The predicted octanol–water partition coefficient (Wildman–Crippen LogP) is 3.00. The standard InChI is InChI=1S/C13H18ClNO/c14-12-5-3-4-11(8-12)9-15-10-13-6-1-2-7-16-13/h3-5,8,13,15H,1-2,6-7,9-10H2. The molecular formula is C13H18ClNO. The fourth-order valence-corrected chi connectivity index (χ4v) is 2.21. The average Bonchev–Trinajstić information content (AvgIpc) is 2.30. The van der Waals surface area contributed by atoms with Crippen molar-refractivity contribution in [1.29, 1.82) is 0 Å². The van der Waals surface area contributed by atoms with Crippen molar-refractivity contribution in [2.24, 2.45) is 0 Å². The van der Waals surface area contributed by atoms with Gasteiger partial charge in [0.25, 0.3) is 0 Å². The van der Waals surface area contributed by atoms with Gasteiger partial charge in [-0.1, -0.05) is 23.7 Å². The molecule has 16 heavy (non-hydrogen) atoms. The van der Waals surface area contributed by atoms with Gasteiger partial charge in [-0.25, -0.2) is 0 Å². The third-order valence-electron chi connectivity index (χ3n) is 2.86. The van der Waals surface area contributed by atoms with E-state index in [4.69, 9.17) is 16.3 Å². The molecule has 88 valence electrons. The highest BCUT2D eigenvalue weighted by atomic mass is 35.5. The second-order valence-electron chi connectivity index (χ2n) is 4.25. The number of ether oxygens (including phenoxy) is 1. The lowest BCUT2D eigenvalue weighted by Crippen LogP contribution is -2.31. The Labute approximate surface area is 102 Å². The maximum atomic E-state index is 5.92. The van der Waals surface area contributed by atoms with E-state index in [1.165, 1.54) is 24.8 Å². The summed E-state index contributed by atoms with van der Waals surface area (Å²) in [6.45, 7) is 2.72. The molecule has 0 aliphatic carbocycles. The maximum absolute atomic E-state index is 5.92. The molecule has 1 atom stereocenters. The van der Waals surface area contributed by atoms with Crippen molar-refractivity contribution in [3.8, 4) is 0 Å². The minimum Gasteiger partial charge on any atom is -0.377 e. The fourth-order valence-electron chi connectivity index (χ4n) is 1.99. The van der Waals surface area contributed by atoms with Crippen LogP contribution in [-0.4, -0.2) is 19.3 Å². The Hall–Kier alpha value is -0.570. The number of benzene rings is 1. The summed E-state index contributed by atoms with van der Waals surface area (Å²) >= 11 is 5.92. The Morgan fingerprint density at radius 3 is 3.06 bits per heavy atom. The van der Waals surface area contributed by atoms with E-state index >= 15 is 0 Å². The first kappa shape index (κ1) is 11.9. The zero-order valence-electron chi connectivity index (χ0n) is 9.42. The van der Waals surface area contributed by atoms with Crippen LogP contribution in [0.1, 0.15) is 24.8 Å².